The molecule has 5 heteroatoms. The second-order valence-corrected chi connectivity index (χ2v) is 5.06. The minimum Gasteiger partial charge on any atom is -0.397 e. The molecule has 0 radical (unpaired) electrons. The van der Waals surface area contributed by atoms with E-state index in [4.69, 9.17) is 5.73 Å². The number of hydrogen-bond donors (Lipinski definition) is 2. The van der Waals surface area contributed by atoms with Crippen LogP contribution in [0.1, 0.15) is 16.1 Å². The van der Waals surface area contributed by atoms with Crippen LogP contribution in [0.4, 0.5) is 11.4 Å². The van der Waals surface area contributed by atoms with Crippen molar-refractivity contribution in [2.45, 2.75) is 6.92 Å². The molecule has 0 aliphatic carbocycles. The minimum absolute atomic E-state index is 0.180. The summed E-state index contributed by atoms with van der Waals surface area (Å²) in [4.78, 5) is 12.1. The van der Waals surface area contributed by atoms with Crippen LogP contribution >= 0.6 is 15.9 Å². The molecule has 0 saturated carbocycles. The van der Waals surface area contributed by atoms with Gasteiger partial charge in [0.15, 0.2) is 0 Å². The van der Waals surface area contributed by atoms with Gasteiger partial charge in [0.2, 0.25) is 0 Å². The smallest absolute Gasteiger partial charge is 0.272 e. The molecule has 94 valence electrons. The zero-order valence-corrected chi connectivity index (χ0v) is 11.8. The summed E-state index contributed by atoms with van der Waals surface area (Å²) < 4.78 is 2.55. The minimum atomic E-state index is -0.180. The highest BCUT2D eigenvalue weighted by molar-refractivity contribution is 9.10. The number of benzene rings is 1. The number of halogens is 1. The molecule has 0 aliphatic rings. The summed E-state index contributed by atoms with van der Waals surface area (Å²) >= 11 is 3.41. The topological polar surface area (TPSA) is 60.1 Å². The third kappa shape index (κ3) is 2.56. The van der Waals surface area contributed by atoms with Gasteiger partial charge >= 0.3 is 0 Å². The molecule has 1 aromatic heterocycles. The summed E-state index contributed by atoms with van der Waals surface area (Å²) in [6.07, 6.45) is 1.71. The van der Waals surface area contributed by atoms with E-state index in [1.807, 2.05) is 25.1 Å². The molecule has 4 nitrogen and oxygen atoms in total. The van der Waals surface area contributed by atoms with Crippen molar-refractivity contribution in [3.63, 3.8) is 0 Å². The fourth-order valence-corrected chi connectivity index (χ4v) is 2.08. The van der Waals surface area contributed by atoms with Gasteiger partial charge in [-0.2, -0.15) is 0 Å². The van der Waals surface area contributed by atoms with E-state index in [2.05, 4.69) is 21.2 Å². The molecule has 1 aromatic carbocycles. The van der Waals surface area contributed by atoms with Crippen LogP contribution in [0.5, 0.6) is 0 Å². The number of nitrogens with zero attached hydrogens (tertiary/aromatic N) is 1. The number of aryl methyl sites for hydroxylation is 2. The number of amides is 1. The largest absolute Gasteiger partial charge is 0.397 e. The van der Waals surface area contributed by atoms with E-state index < -0.39 is 0 Å². The van der Waals surface area contributed by atoms with Crippen LogP contribution in [0.15, 0.2) is 34.9 Å². The Morgan fingerprint density at radius 1 is 1.39 bits per heavy atom. The summed E-state index contributed by atoms with van der Waals surface area (Å²) in [6, 6.07) is 7.44. The Morgan fingerprint density at radius 2 is 2.11 bits per heavy atom. The number of anilines is 2. The Hall–Kier alpha value is -1.75. The second-order valence-electron chi connectivity index (χ2n) is 4.21. The molecule has 0 spiro atoms. The first kappa shape index (κ1) is 12.7. The first-order chi connectivity index (χ1) is 8.47. The molecular weight excluding hydrogens is 294 g/mol. The van der Waals surface area contributed by atoms with Gasteiger partial charge in [-0.05, 0) is 46.6 Å². The van der Waals surface area contributed by atoms with E-state index in [1.54, 1.807) is 23.9 Å². The molecule has 0 aliphatic heterocycles. The highest BCUT2D eigenvalue weighted by Gasteiger charge is 2.12. The average Bonchev–Trinajstić information content (AvgIpc) is 2.63. The van der Waals surface area contributed by atoms with Crippen molar-refractivity contribution in [3.05, 3.63) is 46.2 Å². The van der Waals surface area contributed by atoms with Gasteiger partial charge in [0, 0.05) is 17.7 Å². The van der Waals surface area contributed by atoms with Gasteiger partial charge in [0.25, 0.3) is 5.91 Å². The molecule has 18 heavy (non-hydrogen) atoms. The zero-order chi connectivity index (χ0) is 13.3. The highest BCUT2D eigenvalue weighted by Crippen LogP contribution is 2.24. The molecule has 0 saturated heterocycles. The normalized spacial score (nSPS) is 10.4. The van der Waals surface area contributed by atoms with E-state index >= 15 is 0 Å². The number of carbonyl (C=O) groups is 1. The maximum Gasteiger partial charge on any atom is 0.272 e. The number of aromatic nitrogens is 1. The van der Waals surface area contributed by atoms with Crippen molar-refractivity contribution < 1.29 is 4.79 Å². The van der Waals surface area contributed by atoms with Gasteiger partial charge in [-0.25, -0.2) is 0 Å². The quantitative estimate of drug-likeness (QED) is 0.896. The van der Waals surface area contributed by atoms with E-state index in [9.17, 15) is 4.79 Å². The highest BCUT2D eigenvalue weighted by atomic mass is 79.9. The average molecular weight is 308 g/mol. The van der Waals surface area contributed by atoms with Crippen molar-refractivity contribution >= 4 is 33.2 Å². The lowest BCUT2D eigenvalue weighted by atomic mass is 10.2. The molecule has 3 N–H and O–H groups in total. The van der Waals surface area contributed by atoms with Crippen LogP contribution in [0.3, 0.4) is 0 Å². The van der Waals surface area contributed by atoms with Crippen molar-refractivity contribution in [1.82, 2.24) is 4.57 Å². The van der Waals surface area contributed by atoms with Crippen molar-refractivity contribution in [3.8, 4) is 0 Å². The Bertz CT molecular complexity index is 604. The zero-order valence-electron chi connectivity index (χ0n) is 10.2. The Balaban J connectivity index is 2.26. The van der Waals surface area contributed by atoms with Crippen molar-refractivity contribution in [2.75, 3.05) is 11.1 Å². The summed E-state index contributed by atoms with van der Waals surface area (Å²) in [7, 11) is 1.79. The van der Waals surface area contributed by atoms with Gasteiger partial charge in [-0.3, -0.25) is 4.79 Å². The third-order valence-electron chi connectivity index (χ3n) is 2.63. The maximum atomic E-state index is 12.1. The molecule has 1 heterocycles. The van der Waals surface area contributed by atoms with Crippen molar-refractivity contribution in [2.24, 2.45) is 7.05 Å². The summed E-state index contributed by atoms with van der Waals surface area (Å²) in [6.45, 7) is 1.97. The fourth-order valence-electron chi connectivity index (χ4n) is 1.74. The summed E-state index contributed by atoms with van der Waals surface area (Å²) in [5.41, 5.74) is 8.59. The molecule has 0 atom stereocenters. The second kappa shape index (κ2) is 4.86. The third-order valence-corrected chi connectivity index (χ3v) is 3.32. The van der Waals surface area contributed by atoms with Crippen LogP contribution in [-0.4, -0.2) is 10.5 Å². The van der Waals surface area contributed by atoms with Crippen molar-refractivity contribution in [1.29, 1.82) is 0 Å². The number of hydrogen-bond acceptors (Lipinski definition) is 2. The summed E-state index contributed by atoms with van der Waals surface area (Å²) in [5.74, 6) is -0.180. The molecule has 2 rings (SSSR count). The Kier molecular flexibility index (Phi) is 3.43. The summed E-state index contributed by atoms with van der Waals surface area (Å²) in [5, 5.41) is 2.86. The van der Waals surface area contributed by atoms with Crippen LogP contribution < -0.4 is 11.1 Å². The maximum absolute atomic E-state index is 12.1. The first-order valence-corrected chi connectivity index (χ1v) is 6.26. The number of nitrogens with one attached hydrogen (secondary N) is 1. The fraction of sp³-hybridized carbons (Fsp3) is 0.154. The molecule has 0 fully saturated rings. The van der Waals surface area contributed by atoms with Crippen LogP contribution in [0.25, 0.3) is 0 Å². The van der Waals surface area contributed by atoms with Crippen LogP contribution in [-0.2, 0) is 7.05 Å². The molecule has 2 aromatic rings. The molecule has 0 bridgehead atoms. The SMILES string of the molecule is Cc1ccc(Br)c(NC(=O)c2cc(N)cn2C)c1. The molecular formula is C13H14BrN3O. The van der Waals surface area contributed by atoms with Gasteiger partial charge in [0.1, 0.15) is 5.69 Å². The van der Waals surface area contributed by atoms with Gasteiger partial charge in [-0.1, -0.05) is 6.07 Å². The number of carbonyl (C=O) groups excluding carboxylic acids is 1. The number of rotatable bonds is 2. The lowest BCUT2D eigenvalue weighted by Crippen LogP contribution is -2.15. The monoisotopic (exact) mass is 307 g/mol. The lowest BCUT2D eigenvalue weighted by molar-refractivity contribution is 0.101. The van der Waals surface area contributed by atoms with E-state index in [0.29, 0.717) is 11.4 Å². The van der Waals surface area contributed by atoms with Crippen LogP contribution in [0.2, 0.25) is 0 Å². The van der Waals surface area contributed by atoms with E-state index in [-0.39, 0.29) is 5.91 Å². The predicted octanol–water partition coefficient (Wildman–Crippen LogP) is 2.93. The van der Waals surface area contributed by atoms with E-state index in [1.165, 1.54) is 0 Å². The molecule has 1 amide bonds. The van der Waals surface area contributed by atoms with Gasteiger partial charge < -0.3 is 15.6 Å². The van der Waals surface area contributed by atoms with Gasteiger partial charge in [0.05, 0.1) is 11.4 Å². The van der Waals surface area contributed by atoms with E-state index in [0.717, 1.165) is 15.7 Å². The Labute approximate surface area is 114 Å². The molecule has 0 unspecified atom stereocenters. The lowest BCUT2D eigenvalue weighted by Gasteiger charge is -2.08. The first-order valence-electron chi connectivity index (χ1n) is 5.46. The predicted molar refractivity (Wildman–Crippen MR) is 76.7 cm³/mol. The number of nitrogen functional groups attached to an aromatic ring is 1. The van der Waals surface area contributed by atoms with Gasteiger partial charge in [-0.15, -0.1) is 0 Å². The standard InChI is InChI=1S/C13H14BrN3O/c1-8-3-4-10(14)11(5-8)16-13(18)12-6-9(15)7-17(12)2/h3-7H,15H2,1-2H3,(H,16,18). The number of nitrogens with two attached hydrogens (primary N) is 1. The van der Waals surface area contributed by atoms with Crippen LogP contribution in [0, 0.1) is 6.92 Å². The Morgan fingerprint density at radius 3 is 2.72 bits per heavy atom.